The van der Waals surface area contributed by atoms with Gasteiger partial charge in [-0.1, -0.05) is 44.9 Å². The molecule has 0 amide bonds. The van der Waals surface area contributed by atoms with Crippen molar-refractivity contribution in [2.45, 2.75) is 39.7 Å². The molecule has 1 rings (SSSR count). The number of para-hydroxylation sites is 1. The molecule has 1 aromatic rings. The number of hydrogen-bond donors (Lipinski definition) is 1. The molecule has 16 heavy (non-hydrogen) atoms. The first kappa shape index (κ1) is 13.0. The van der Waals surface area contributed by atoms with Crippen LogP contribution < -0.4 is 5.73 Å². The normalized spacial score (nSPS) is 10.9. The maximum absolute atomic E-state index is 5.95. The highest BCUT2D eigenvalue weighted by atomic mass is 15.1. The third-order valence-corrected chi connectivity index (χ3v) is 2.97. The van der Waals surface area contributed by atoms with Crippen LogP contribution in [0.5, 0.6) is 0 Å². The van der Waals surface area contributed by atoms with Crippen LogP contribution >= 0.6 is 0 Å². The minimum Gasteiger partial charge on any atom is -0.398 e. The molecule has 0 spiro atoms. The Labute approximate surface area is 99.5 Å². The Kier molecular flexibility index (Phi) is 5.94. The summed E-state index contributed by atoms with van der Waals surface area (Å²) in [6.45, 7) is 7.71. The van der Waals surface area contributed by atoms with Crippen LogP contribution in [0.3, 0.4) is 0 Å². The second-order valence-electron chi connectivity index (χ2n) is 4.27. The highest BCUT2D eigenvalue weighted by molar-refractivity contribution is 5.46. The standard InChI is InChI=1S/C14H24N2/c1-3-5-8-11-16(4-2)12-13-9-6-7-10-14(13)15/h6-7,9-10H,3-5,8,11-12,15H2,1-2H3. The predicted octanol–water partition coefficient (Wildman–Crippen LogP) is 3.28. The van der Waals surface area contributed by atoms with Crippen molar-refractivity contribution in [3.8, 4) is 0 Å². The van der Waals surface area contributed by atoms with E-state index in [9.17, 15) is 0 Å². The van der Waals surface area contributed by atoms with Crippen LogP contribution in [0.1, 0.15) is 38.7 Å². The average molecular weight is 220 g/mol. The van der Waals surface area contributed by atoms with E-state index in [4.69, 9.17) is 5.73 Å². The number of unbranched alkanes of at least 4 members (excludes halogenated alkanes) is 2. The highest BCUT2D eigenvalue weighted by Crippen LogP contribution is 2.13. The number of nitrogens with zero attached hydrogens (tertiary/aromatic N) is 1. The Hall–Kier alpha value is -1.02. The van der Waals surface area contributed by atoms with E-state index in [1.807, 2.05) is 12.1 Å². The Morgan fingerprint density at radius 1 is 1.12 bits per heavy atom. The van der Waals surface area contributed by atoms with Crippen LogP contribution in [0.4, 0.5) is 5.69 Å². The maximum atomic E-state index is 5.95. The molecule has 0 unspecified atom stereocenters. The zero-order valence-electron chi connectivity index (χ0n) is 10.6. The van der Waals surface area contributed by atoms with E-state index in [1.54, 1.807) is 0 Å². The van der Waals surface area contributed by atoms with Gasteiger partial charge in [-0.05, 0) is 31.1 Å². The van der Waals surface area contributed by atoms with Gasteiger partial charge < -0.3 is 5.73 Å². The quantitative estimate of drug-likeness (QED) is 0.564. The van der Waals surface area contributed by atoms with Gasteiger partial charge >= 0.3 is 0 Å². The molecule has 0 atom stereocenters. The van der Waals surface area contributed by atoms with E-state index >= 15 is 0 Å². The lowest BCUT2D eigenvalue weighted by Gasteiger charge is -2.21. The van der Waals surface area contributed by atoms with E-state index in [0.717, 1.165) is 18.8 Å². The molecule has 0 aliphatic heterocycles. The summed E-state index contributed by atoms with van der Waals surface area (Å²) in [4.78, 5) is 2.46. The fourth-order valence-electron chi connectivity index (χ4n) is 1.85. The second-order valence-corrected chi connectivity index (χ2v) is 4.27. The summed E-state index contributed by atoms with van der Waals surface area (Å²) in [5.41, 5.74) is 8.12. The van der Waals surface area contributed by atoms with Crippen LogP contribution in [-0.2, 0) is 6.54 Å². The predicted molar refractivity (Wildman–Crippen MR) is 71.3 cm³/mol. The van der Waals surface area contributed by atoms with Crippen molar-refractivity contribution >= 4 is 5.69 Å². The number of rotatable bonds is 7. The molecular formula is C14H24N2. The van der Waals surface area contributed by atoms with Crippen molar-refractivity contribution in [1.82, 2.24) is 4.90 Å². The second kappa shape index (κ2) is 7.29. The molecule has 0 saturated carbocycles. The largest absolute Gasteiger partial charge is 0.398 e. The number of nitrogen functional groups attached to an aromatic ring is 1. The Morgan fingerprint density at radius 2 is 1.88 bits per heavy atom. The molecule has 0 aliphatic rings. The third kappa shape index (κ3) is 4.23. The molecule has 0 aliphatic carbocycles. The molecule has 0 radical (unpaired) electrons. The van der Waals surface area contributed by atoms with Crippen LogP contribution in [0, 0.1) is 0 Å². The van der Waals surface area contributed by atoms with Gasteiger partial charge in [-0.15, -0.1) is 0 Å². The molecule has 0 bridgehead atoms. The first-order chi connectivity index (χ1) is 7.77. The molecule has 2 nitrogen and oxygen atoms in total. The Bertz CT molecular complexity index is 297. The zero-order valence-corrected chi connectivity index (χ0v) is 10.6. The summed E-state index contributed by atoms with van der Waals surface area (Å²) < 4.78 is 0. The van der Waals surface area contributed by atoms with Crippen molar-refractivity contribution in [3.05, 3.63) is 29.8 Å². The van der Waals surface area contributed by atoms with Crippen LogP contribution in [0.2, 0.25) is 0 Å². The smallest absolute Gasteiger partial charge is 0.0359 e. The van der Waals surface area contributed by atoms with Gasteiger partial charge in [0, 0.05) is 12.2 Å². The van der Waals surface area contributed by atoms with Gasteiger partial charge in [-0.25, -0.2) is 0 Å². The molecule has 0 heterocycles. The minimum atomic E-state index is 0.913. The van der Waals surface area contributed by atoms with Gasteiger partial charge in [-0.3, -0.25) is 4.90 Å². The molecule has 2 N–H and O–H groups in total. The van der Waals surface area contributed by atoms with E-state index in [2.05, 4.69) is 30.9 Å². The van der Waals surface area contributed by atoms with E-state index in [1.165, 1.54) is 31.4 Å². The Morgan fingerprint density at radius 3 is 2.50 bits per heavy atom. The third-order valence-electron chi connectivity index (χ3n) is 2.97. The monoisotopic (exact) mass is 220 g/mol. The number of hydrogen-bond acceptors (Lipinski definition) is 2. The molecule has 0 saturated heterocycles. The van der Waals surface area contributed by atoms with Gasteiger partial charge in [0.05, 0.1) is 0 Å². The van der Waals surface area contributed by atoms with Gasteiger partial charge in [0.25, 0.3) is 0 Å². The van der Waals surface area contributed by atoms with Gasteiger partial charge in [0.1, 0.15) is 0 Å². The molecule has 2 heteroatoms. The number of nitrogens with two attached hydrogens (primary N) is 1. The van der Waals surface area contributed by atoms with E-state index < -0.39 is 0 Å². The summed E-state index contributed by atoms with van der Waals surface area (Å²) in [5, 5.41) is 0. The van der Waals surface area contributed by atoms with Crippen molar-refractivity contribution < 1.29 is 0 Å². The van der Waals surface area contributed by atoms with Gasteiger partial charge in [0.15, 0.2) is 0 Å². The lowest BCUT2D eigenvalue weighted by Crippen LogP contribution is -2.24. The minimum absolute atomic E-state index is 0.913. The first-order valence-corrected chi connectivity index (χ1v) is 6.33. The number of benzene rings is 1. The lowest BCUT2D eigenvalue weighted by molar-refractivity contribution is 0.274. The zero-order chi connectivity index (χ0) is 11.8. The fraction of sp³-hybridized carbons (Fsp3) is 0.571. The summed E-state index contributed by atoms with van der Waals surface area (Å²) in [5.74, 6) is 0. The SMILES string of the molecule is CCCCCN(CC)Cc1ccccc1N. The summed E-state index contributed by atoms with van der Waals surface area (Å²) in [6, 6.07) is 8.16. The van der Waals surface area contributed by atoms with Crippen LogP contribution in [-0.4, -0.2) is 18.0 Å². The lowest BCUT2D eigenvalue weighted by atomic mass is 10.1. The molecule has 1 aromatic carbocycles. The van der Waals surface area contributed by atoms with E-state index in [-0.39, 0.29) is 0 Å². The topological polar surface area (TPSA) is 29.3 Å². The van der Waals surface area contributed by atoms with Gasteiger partial charge in [-0.2, -0.15) is 0 Å². The van der Waals surface area contributed by atoms with Crippen LogP contribution in [0.15, 0.2) is 24.3 Å². The van der Waals surface area contributed by atoms with Crippen LogP contribution in [0.25, 0.3) is 0 Å². The van der Waals surface area contributed by atoms with Gasteiger partial charge in [0.2, 0.25) is 0 Å². The summed E-state index contributed by atoms with van der Waals surface area (Å²) in [6.07, 6.45) is 3.89. The van der Waals surface area contributed by atoms with Crippen molar-refractivity contribution in [3.63, 3.8) is 0 Å². The molecule has 0 fully saturated rings. The Balaban J connectivity index is 2.46. The van der Waals surface area contributed by atoms with Crippen molar-refractivity contribution in [2.24, 2.45) is 0 Å². The van der Waals surface area contributed by atoms with Crippen molar-refractivity contribution in [1.29, 1.82) is 0 Å². The summed E-state index contributed by atoms with van der Waals surface area (Å²) in [7, 11) is 0. The summed E-state index contributed by atoms with van der Waals surface area (Å²) >= 11 is 0. The first-order valence-electron chi connectivity index (χ1n) is 6.33. The number of anilines is 1. The molecule has 0 aromatic heterocycles. The van der Waals surface area contributed by atoms with E-state index in [0.29, 0.717) is 0 Å². The van der Waals surface area contributed by atoms with Crippen molar-refractivity contribution in [2.75, 3.05) is 18.8 Å². The maximum Gasteiger partial charge on any atom is 0.0359 e. The molecule has 90 valence electrons. The average Bonchev–Trinajstić information content (AvgIpc) is 2.30. The fourth-order valence-corrected chi connectivity index (χ4v) is 1.85. The molecular weight excluding hydrogens is 196 g/mol. The highest BCUT2D eigenvalue weighted by Gasteiger charge is 2.05.